The highest BCUT2D eigenvalue weighted by atomic mass is 32.2. The van der Waals surface area contributed by atoms with Crippen molar-refractivity contribution < 1.29 is 13.5 Å². The number of aliphatic hydroxyl groups is 1. The van der Waals surface area contributed by atoms with Crippen LogP contribution < -0.4 is 0 Å². The van der Waals surface area contributed by atoms with Gasteiger partial charge in [-0.3, -0.25) is 0 Å². The second-order valence-corrected chi connectivity index (χ2v) is 6.23. The molecule has 4 nitrogen and oxygen atoms in total. The third-order valence-electron chi connectivity index (χ3n) is 2.72. The number of nitrogens with zero attached hydrogens (tertiary/aromatic N) is 1. The van der Waals surface area contributed by atoms with Crippen LogP contribution in [0.4, 0.5) is 0 Å². The third-order valence-corrected chi connectivity index (χ3v) is 3.85. The average Bonchev–Trinajstić information content (AvgIpc) is 2.27. The van der Waals surface area contributed by atoms with Crippen LogP contribution in [0, 0.1) is 0 Å². The molecule has 1 N–H and O–H groups in total. The molecule has 0 spiro atoms. The largest absolute Gasteiger partial charge is 0.387 e. The Labute approximate surface area is 103 Å². The van der Waals surface area contributed by atoms with Gasteiger partial charge >= 0.3 is 0 Å². The molecule has 17 heavy (non-hydrogen) atoms. The highest BCUT2D eigenvalue weighted by Gasteiger charge is 2.11. The monoisotopic (exact) mass is 257 g/mol. The molecule has 1 rings (SSSR count). The van der Waals surface area contributed by atoms with Crippen molar-refractivity contribution in [2.45, 2.75) is 17.9 Å². The number of aliphatic hydroxyl groups excluding tert-OH is 1. The zero-order chi connectivity index (χ0) is 13.1. The average molecular weight is 257 g/mol. The van der Waals surface area contributed by atoms with Crippen molar-refractivity contribution in [3.05, 3.63) is 29.8 Å². The molecule has 0 saturated heterocycles. The summed E-state index contributed by atoms with van der Waals surface area (Å²) in [5.74, 6) is 0. The van der Waals surface area contributed by atoms with Gasteiger partial charge in [0, 0.05) is 12.8 Å². The molecule has 0 aliphatic heterocycles. The van der Waals surface area contributed by atoms with Gasteiger partial charge in [-0.1, -0.05) is 19.1 Å². The Bertz CT molecular complexity index is 453. The minimum absolute atomic E-state index is 0.275. The molecular formula is C12H19NO3S. The predicted octanol–water partition coefficient (Wildman–Crippen LogP) is 1.08. The maximum atomic E-state index is 11.3. The summed E-state index contributed by atoms with van der Waals surface area (Å²) < 4.78 is 22.5. The lowest BCUT2D eigenvalue weighted by Gasteiger charge is -2.19. The number of hydrogen-bond acceptors (Lipinski definition) is 4. The van der Waals surface area contributed by atoms with Gasteiger partial charge < -0.3 is 10.0 Å². The Morgan fingerprint density at radius 3 is 2.24 bits per heavy atom. The van der Waals surface area contributed by atoms with Crippen LogP contribution in [0.2, 0.25) is 0 Å². The van der Waals surface area contributed by atoms with E-state index >= 15 is 0 Å². The Morgan fingerprint density at radius 2 is 1.82 bits per heavy atom. The molecule has 1 aromatic carbocycles. The van der Waals surface area contributed by atoms with Crippen molar-refractivity contribution in [1.82, 2.24) is 4.90 Å². The second kappa shape index (κ2) is 5.62. The Hall–Kier alpha value is -0.910. The molecule has 0 heterocycles. The minimum atomic E-state index is -3.17. The zero-order valence-corrected chi connectivity index (χ0v) is 11.2. The van der Waals surface area contributed by atoms with Gasteiger partial charge in [0.25, 0.3) is 0 Å². The lowest BCUT2D eigenvalue weighted by molar-refractivity contribution is 0.129. The van der Waals surface area contributed by atoms with Crippen LogP contribution >= 0.6 is 0 Å². The number of likely N-dealkylation sites (N-methyl/N-ethyl adjacent to an activating group) is 1. The van der Waals surface area contributed by atoms with Crippen molar-refractivity contribution >= 4 is 9.84 Å². The summed E-state index contributed by atoms with van der Waals surface area (Å²) in [7, 11) is -1.24. The quantitative estimate of drug-likeness (QED) is 0.857. The highest BCUT2D eigenvalue weighted by molar-refractivity contribution is 7.90. The minimum Gasteiger partial charge on any atom is -0.387 e. The van der Waals surface area contributed by atoms with Crippen molar-refractivity contribution in [3.63, 3.8) is 0 Å². The maximum absolute atomic E-state index is 11.3. The molecule has 1 aromatic rings. The maximum Gasteiger partial charge on any atom is 0.175 e. The fraction of sp³-hybridized carbons (Fsp3) is 0.500. The van der Waals surface area contributed by atoms with Crippen LogP contribution in [0.5, 0.6) is 0 Å². The standard InChI is InChI=1S/C12H19NO3S/c1-4-13(2)9-12(14)10-5-7-11(8-6-10)17(3,15)16/h5-8,12,14H,4,9H2,1-3H3. The van der Waals surface area contributed by atoms with Crippen molar-refractivity contribution in [1.29, 1.82) is 0 Å². The molecule has 96 valence electrons. The smallest absolute Gasteiger partial charge is 0.175 e. The van der Waals surface area contributed by atoms with Crippen molar-refractivity contribution in [2.24, 2.45) is 0 Å². The fourth-order valence-electron chi connectivity index (χ4n) is 1.47. The molecule has 1 unspecified atom stereocenters. The van der Waals surface area contributed by atoms with Gasteiger partial charge in [0.05, 0.1) is 11.0 Å². The first kappa shape index (κ1) is 14.2. The van der Waals surface area contributed by atoms with Crippen LogP contribution in [0.3, 0.4) is 0 Å². The van der Waals surface area contributed by atoms with E-state index in [1.807, 2.05) is 18.9 Å². The van der Waals surface area contributed by atoms with Gasteiger partial charge in [-0.25, -0.2) is 8.42 Å². The van der Waals surface area contributed by atoms with E-state index in [0.29, 0.717) is 6.54 Å². The summed E-state index contributed by atoms with van der Waals surface area (Å²) in [5, 5.41) is 9.92. The lowest BCUT2D eigenvalue weighted by atomic mass is 10.1. The van der Waals surface area contributed by atoms with Gasteiger partial charge in [-0.15, -0.1) is 0 Å². The molecule has 0 saturated carbocycles. The van der Waals surface area contributed by atoms with Crippen LogP contribution in [-0.4, -0.2) is 44.8 Å². The summed E-state index contributed by atoms with van der Waals surface area (Å²) in [6.45, 7) is 3.41. The fourth-order valence-corrected chi connectivity index (χ4v) is 2.10. The van der Waals surface area contributed by atoms with Crippen molar-refractivity contribution in [3.8, 4) is 0 Å². The Morgan fingerprint density at radius 1 is 1.29 bits per heavy atom. The molecule has 0 aliphatic rings. The van der Waals surface area contributed by atoms with Crippen LogP contribution in [0.1, 0.15) is 18.6 Å². The van der Waals surface area contributed by atoms with E-state index < -0.39 is 15.9 Å². The van der Waals surface area contributed by atoms with E-state index in [1.165, 1.54) is 18.4 Å². The van der Waals surface area contributed by atoms with Gasteiger partial charge in [0.2, 0.25) is 0 Å². The van der Waals surface area contributed by atoms with E-state index in [9.17, 15) is 13.5 Å². The summed E-state index contributed by atoms with van der Waals surface area (Å²) in [6, 6.07) is 6.37. The summed E-state index contributed by atoms with van der Waals surface area (Å²) in [6.07, 6.45) is 0.581. The first-order valence-corrected chi connectivity index (χ1v) is 7.40. The molecule has 0 bridgehead atoms. The highest BCUT2D eigenvalue weighted by Crippen LogP contribution is 2.17. The van der Waals surface area contributed by atoms with E-state index in [4.69, 9.17) is 0 Å². The van der Waals surface area contributed by atoms with Crippen LogP contribution in [0.15, 0.2) is 29.2 Å². The molecule has 0 aromatic heterocycles. The Balaban J connectivity index is 2.81. The number of benzene rings is 1. The summed E-state index contributed by atoms with van der Waals surface area (Å²) in [4.78, 5) is 2.27. The van der Waals surface area contributed by atoms with E-state index in [0.717, 1.165) is 12.1 Å². The topological polar surface area (TPSA) is 57.6 Å². The van der Waals surface area contributed by atoms with E-state index in [-0.39, 0.29) is 4.90 Å². The summed E-state index contributed by atoms with van der Waals surface area (Å²) >= 11 is 0. The van der Waals surface area contributed by atoms with Crippen LogP contribution in [-0.2, 0) is 9.84 Å². The molecule has 5 heteroatoms. The number of hydrogen-bond donors (Lipinski definition) is 1. The zero-order valence-electron chi connectivity index (χ0n) is 10.4. The molecular weight excluding hydrogens is 238 g/mol. The molecule has 0 amide bonds. The third kappa shape index (κ3) is 4.11. The SMILES string of the molecule is CCN(C)CC(O)c1ccc(S(C)(=O)=O)cc1. The number of sulfone groups is 1. The van der Waals surface area contributed by atoms with Gasteiger partial charge in [-0.2, -0.15) is 0 Å². The van der Waals surface area contributed by atoms with Crippen LogP contribution in [0.25, 0.3) is 0 Å². The first-order chi connectivity index (χ1) is 7.84. The predicted molar refractivity (Wildman–Crippen MR) is 67.7 cm³/mol. The van der Waals surface area contributed by atoms with Gasteiger partial charge in [0.1, 0.15) is 0 Å². The molecule has 1 atom stereocenters. The number of rotatable bonds is 5. The van der Waals surface area contributed by atoms with E-state index in [2.05, 4.69) is 0 Å². The van der Waals surface area contributed by atoms with Gasteiger partial charge in [0.15, 0.2) is 9.84 Å². The summed E-state index contributed by atoms with van der Waals surface area (Å²) in [5.41, 5.74) is 0.734. The lowest BCUT2D eigenvalue weighted by Crippen LogP contribution is -2.24. The normalized spacial score (nSPS) is 13.9. The molecule has 0 fully saturated rings. The molecule has 0 aliphatic carbocycles. The first-order valence-electron chi connectivity index (χ1n) is 5.51. The van der Waals surface area contributed by atoms with Crippen molar-refractivity contribution in [2.75, 3.05) is 26.4 Å². The Kier molecular flexibility index (Phi) is 4.68. The molecule has 0 radical (unpaired) electrons. The van der Waals surface area contributed by atoms with Gasteiger partial charge in [-0.05, 0) is 31.3 Å². The van der Waals surface area contributed by atoms with E-state index in [1.54, 1.807) is 12.1 Å². The second-order valence-electron chi connectivity index (χ2n) is 4.21.